The van der Waals surface area contributed by atoms with Crippen LogP contribution in [0.5, 0.6) is 0 Å². The molecular weight excluding hydrogens is 354 g/mol. The highest BCUT2D eigenvalue weighted by Gasteiger charge is 2.53. The molecule has 4 rings (SSSR count). The minimum Gasteiger partial charge on any atom is -0.336 e. The molecule has 1 aromatic heterocycles. The van der Waals surface area contributed by atoms with Gasteiger partial charge in [0.15, 0.2) is 0 Å². The smallest absolute Gasteiger partial charge is 0.291 e. The van der Waals surface area contributed by atoms with Crippen molar-refractivity contribution in [2.45, 2.75) is 11.8 Å². The van der Waals surface area contributed by atoms with Gasteiger partial charge in [0.25, 0.3) is 5.91 Å². The Kier molecular flexibility index (Phi) is 4.07. The van der Waals surface area contributed by atoms with Crippen LogP contribution in [0.1, 0.15) is 22.6 Å². The van der Waals surface area contributed by atoms with Crippen LogP contribution in [0.15, 0.2) is 36.7 Å². The van der Waals surface area contributed by atoms with E-state index in [4.69, 9.17) is 0 Å². The summed E-state index contributed by atoms with van der Waals surface area (Å²) in [5.41, 5.74) is 0.880. The molecule has 2 atom stereocenters. The first-order chi connectivity index (χ1) is 12.4. The first-order valence-corrected chi connectivity index (χ1v) is 10.4. The predicted octanol–water partition coefficient (Wildman–Crippen LogP) is 0.480. The number of fused-ring (bicyclic) bond motifs is 1. The molecule has 9 heteroatoms. The van der Waals surface area contributed by atoms with Crippen LogP contribution in [0.3, 0.4) is 0 Å². The number of amides is 1. The largest absolute Gasteiger partial charge is 0.336 e. The average Bonchev–Trinajstić information content (AvgIpc) is 3.29. The number of rotatable bonds is 3. The standard InChI is InChI=1S/C17H21N5O3S/c1-26(24,25)22-10-14-9-21(16(23)15-18-12-19-20-15)8-7-17(14,11-22)13-5-3-2-4-6-13/h2-6,12,14H,7-11H2,1H3,(H,18,19,20). The van der Waals surface area contributed by atoms with Crippen LogP contribution in [-0.4, -0.2) is 71.1 Å². The molecule has 0 saturated carbocycles. The average molecular weight is 375 g/mol. The molecule has 0 spiro atoms. The van der Waals surface area contributed by atoms with E-state index in [0.717, 1.165) is 5.56 Å². The van der Waals surface area contributed by atoms with E-state index in [-0.39, 0.29) is 23.1 Å². The predicted molar refractivity (Wildman–Crippen MR) is 94.9 cm³/mol. The fourth-order valence-corrected chi connectivity index (χ4v) is 5.19. The normalized spacial score (nSPS) is 26.7. The summed E-state index contributed by atoms with van der Waals surface area (Å²) in [6, 6.07) is 10.0. The maximum atomic E-state index is 12.6. The van der Waals surface area contributed by atoms with E-state index in [1.54, 1.807) is 9.21 Å². The number of aromatic amines is 1. The number of nitrogens with one attached hydrogen (secondary N) is 1. The van der Waals surface area contributed by atoms with Crippen molar-refractivity contribution >= 4 is 15.9 Å². The first-order valence-electron chi connectivity index (χ1n) is 8.55. The van der Waals surface area contributed by atoms with Gasteiger partial charge < -0.3 is 4.90 Å². The van der Waals surface area contributed by atoms with Gasteiger partial charge in [0.1, 0.15) is 6.33 Å². The van der Waals surface area contributed by atoms with Crippen molar-refractivity contribution in [2.24, 2.45) is 5.92 Å². The fourth-order valence-electron chi connectivity index (χ4n) is 4.27. The minimum absolute atomic E-state index is 0.0419. The van der Waals surface area contributed by atoms with Crippen LogP contribution in [0.25, 0.3) is 0 Å². The fraction of sp³-hybridized carbons (Fsp3) is 0.471. The van der Waals surface area contributed by atoms with Crippen LogP contribution in [0.4, 0.5) is 0 Å². The summed E-state index contributed by atoms with van der Waals surface area (Å²) in [6.07, 6.45) is 3.28. The van der Waals surface area contributed by atoms with Crippen LogP contribution >= 0.6 is 0 Å². The molecule has 3 heterocycles. The molecule has 1 N–H and O–H groups in total. The van der Waals surface area contributed by atoms with Gasteiger partial charge in [0.2, 0.25) is 15.8 Å². The number of likely N-dealkylation sites (tertiary alicyclic amines) is 1. The van der Waals surface area contributed by atoms with Gasteiger partial charge in [-0.1, -0.05) is 30.3 Å². The molecule has 138 valence electrons. The number of piperidine rings is 1. The highest BCUT2D eigenvalue weighted by Crippen LogP contribution is 2.46. The van der Waals surface area contributed by atoms with Crippen molar-refractivity contribution in [3.63, 3.8) is 0 Å². The number of carbonyl (C=O) groups excluding carboxylic acids is 1. The topological polar surface area (TPSA) is 99.3 Å². The zero-order valence-electron chi connectivity index (χ0n) is 14.5. The maximum Gasteiger partial charge on any atom is 0.291 e. The molecule has 2 saturated heterocycles. The molecule has 2 aliphatic heterocycles. The van der Waals surface area contributed by atoms with Crippen molar-refractivity contribution < 1.29 is 13.2 Å². The van der Waals surface area contributed by atoms with Gasteiger partial charge in [-0.2, -0.15) is 5.10 Å². The van der Waals surface area contributed by atoms with Crippen molar-refractivity contribution in [3.8, 4) is 0 Å². The third-order valence-corrected chi connectivity index (χ3v) is 6.87. The number of aromatic nitrogens is 3. The molecule has 2 fully saturated rings. The number of benzene rings is 1. The van der Waals surface area contributed by atoms with Crippen molar-refractivity contribution in [3.05, 3.63) is 48.0 Å². The molecule has 2 aliphatic rings. The van der Waals surface area contributed by atoms with Gasteiger partial charge in [-0.25, -0.2) is 17.7 Å². The highest BCUT2D eigenvalue weighted by atomic mass is 32.2. The summed E-state index contributed by atoms with van der Waals surface area (Å²) in [5, 5.41) is 6.35. The van der Waals surface area contributed by atoms with Crippen molar-refractivity contribution in [1.29, 1.82) is 0 Å². The number of sulfonamides is 1. The summed E-state index contributed by atoms with van der Waals surface area (Å²) >= 11 is 0. The van der Waals surface area contributed by atoms with Gasteiger partial charge in [0.05, 0.1) is 6.26 Å². The zero-order chi connectivity index (χ0) is 18.4. The second-order valence-electron chi connectivity index (χ2n) is 7.11. The Bertz CT molecular complexity index is 900. The lowest BCUT2D eigenvalue weighted by atomic mass is 9.68. The summed E-state index contributed by atoms with van der Waals surface area (Å²) in [7, 11) is -3.29. The van der Waals surface area contributed by atoms with Gasteiger partial charge in [0, 0.05) is 37.5 Å². The third-order valence-electron chi connectivity index (χ3n) is 5.66. The van der Waals surface area contributed by atoms with E-state index in [1.165, 1.54) is 12.6 Å². The highest BCUT2D eigenvalue weighted by molar-refractivity contribution is 7.88. The Balaban J connectivity index is 1.66. The van der Waals surface area contributed by atoms with Gasteiger partial charge in [-0.3, -0.25) is 9.89 Å². The molecule has 0 aliphatic carbocycles. The molecule has 26 heavy (non-hydrogen) atoms. The van der Waals surface area contributed by atoms with E-state index in [0.29, 0.717) is 32.6 Å². The first kappa shape index (κ1) is 17.2. The second kappa shape index (κ2) is 6.17. The third kappa shape index (κ3) is 2.80. The lowest BCUT2D eigenvalue weighted by Crippen LogP contribution is -2.51. The Morgan fingerprint density at radius 2 is 2.04 bits per heavy atom. The Labute approximate surface area is 152 Å². The number of nitrogens with zero attached hydrogens (tertiary/aromatic N) is 4. The van der Waals surface area contributed by atoms with E-state index >= 15 is 0 Å². The van der Waals surface area contributed by atoms with Gasteiger partial charge >= 0.3 is 0 Å². The Morgan fingerprint density at radius 3 is 2.69 bits per heavy atom. The maximum absolute atomic E-state index is 12.6. The summed E-state index contributed by atoms with van der Waals surface area (Å²) in [6.45, 7) is 1.95. The lowest BCUT2D eigenvalue weighted by Gasteiger charge is -2.43. The molecule has 0 radical (unpaired) electrons. The number of hydrogen-bond donors (Lipinski definition) is 1. The summed E-state index contributed by atoms with van der Waals surface area (Å²) < 4.78 is 25.9. The van der Waals surface area contributed by atoms with Gasteiger partial charge in [-0.05, 0) is 12.0 Å². The van der Waals surface area contributed by atoms with Crippen LogP contribution in [-0.2, 0) is 15.4 Å². The van der Waals surface area contributed by atoms with E-state index in [9.17, 15) is 13.2 Å². The minimum atomic E-state index is -3.29. The molecule has 0 bridgehead atoms. The van der Waals surface area contributed by atoms with E-state index in [1.807, 2.05) is 18.2 Å². The van der Waals surface area contributed by atoms with Crippen molar-refractivity contribution in [1.82, 2.24) is 24.4 Å². The number of carbonyl (C=O) groups is 1. The molecule has 2 aromatic rings. The quantitative estimate of drug-likeness (QED) is 0.841. The summed E-state index contributed by atoms with van der Waals surface area (Å²) in [4.78, 5) is 18.3. The van der Waals surface area contributed by atoms with Crippen LogP contribution in [0, 0.1) is 5.92 Å². The lowest BCUT2D eigenvalue weighted by molar-refractivity contribution is 0.0591. The Morgan fingerprint density at radius 1 is 1.27 bits per heavy atom. The molecular formula is C17H21N5O3S. The molecule has 8 nitrogen and oxygen atoms in total. The van der Waals surface area contributed by atoms with E-state index < -0.39 is 10.0 Å². The zero-order valence-corrected chi connectivity index (χ0v) is 15.3. The SMILES string of the molecule is CS(=O)(=O)N1CC2CN(C(=O)c3ncn[nH]3)CCC2(c2ccccc2)C1. The monoisotopic (exact) mass is 375 g/mol. The van der Waals surface area contributed by atoms with Gasteiger partial charge in [-0.15, -0.1) is 0 Å². The van der Waals surface area contributed by atoms with E-state index in [2.05, 4.69) is 27.3 Å². The second-order valence-corrected chi connectivity index (χ2v) is 9.09. The van der Waals surface area contributed by atoms with Crippen LogP contribution in [0.2, 0.25) is 0 Å². The molecule has 1 amide bonds. The molecule has 1 aromatic carbocycles. The number of H-pyrrole nitrogens is 1. The summed E-state index contributed by atoms with van der Waals surface area (Å²) in [5.74, 6) is 0.0670. The van der Waals surface area contributed by atoms with Crippen molar-refractivity contribution in [2.75, 3.05) is 32.4 Å². The number of hydrogen-bond acceptors (Lipinski definition) is 5. The Hall–Kier alpha value is -2.26. The van der Waals surface area contributed by atoms with Crippen LogP contribution < -0.4 is 0 Å². The molecule has 2 unspecified atom stereocenters.